The van der Waals surface area contributed by atoms with Crippen molar-refractivity contribution in [3.05, 3.63) is 35.6 Å². The smallest absolute Gasteiger partial charge is 0.222 e. The van der Waals surface area contributed by atoms with Gasteiger partial charge in [-0.1, -0.05) is 12.1 Å². The van der Waals surface area contributed by atoms with Crippen molar-refractivity contribution >= 4 is 5.91 Å². The van der Waals surface area contributed by atoms with Gasteiger partial charge in [0.25, 0.3) is 0 Å². The predicted octanol–water partition coefficient (Wildman–Crippen LogP) is 2.69. The van der Waals surface area contributed by atoms with Crippen LogP contribution in [0, 0.1) is 5.82 Å². The number of halogens is 1. The summed E-state index contributed by atoms with van der Waals surface area (Å²) in [4.78, 5) is 13.8. The van der Waals surface area contributed by atoms with Crippen LogP contribution in [0.2, 0.25) is 0 Å². The SMILES string of the molecule is O=C1CCC[C@H]2[C@H](c3ccc(F)cc3)CCN12. The highest BCUT2D eigenvalue weighted by atomic mass is 19.1. The molecule has 0 N–H and O–H groups in total. The molecular formula is C14H16FNO. The summed E-state index contributed by atoms with van der Waals surface area (Å²) in [5.41, 5.74) is 1.17. The number of nitrogens with zero attached hydrogens (tertiary/aromatic N) is 1. The predicted molar refractivity (Wildman–Crippen MR) is 63.1 cm³/mol. The second-order valence-corrected chi connectivity index (χ2v) is 4.99. The number of amides is 1. The molecule has 2 aliphatic heterocycles. The molecule has 0 aromatic heterocycles. The van der Waals surface area contributed by atoms with E-state index in [1.165, 1.54) is 17.7 Å². The number of benzene rings is 1. The summed E-state index contributed by atoms with van der Waals surface area (Å²) in [6, 6.07) is 7.11. The van der Waals surface area contributed by atoms with E-state index in [-0.39, 0.29) is 5.82 Å². The van der Waals surface area contributed by atoms with Gasteiger partial charge in [-0.25, -0.2) is 4.39 Å². The highest BCUT2D eigenvalue weighted by Crippen LogP contribution is 2.38. The number of rotatable bonds is 1. The maximum atomic E-state index is 12.9. The first kappa shape index (κ1) is 10.8. The van der Waals surface area contributed by atoms with Crippen LogP contribution in [0.3, 0.4) is 0 Å². The van der Waals surface area contributed by atoms with Crippen LogP contribution in [-0.4, -0.2) is 23.4 Å². The molecule has 2 heterocycles. The van der Waals surface area contributed by atoms with Crippen LogP contribution in [0.5, 0.6) is 0 Å². The number of hydrogen-bond acceptors (Lipinski definition) is 1. The Morgan fingerprint density at radius 3 is 2.71 bits per heavy atom. The molecule has 2 aliphatic rings. The van der Waals surface area contributed by atoms with Crippen LogP contribution in [0.25, 0.3) is 0 Å². The first-order valence-corrected chi connectivity index (χ1v) is 6.30. The van der Waals surface area contributed by atoms with Crippen molar-refractivity contribution in [3.63, 3.8) is 0 Å². The zero-order chi connectivity index (χ0) is 11.8. The normalized spacial score (nSPS) is 28.3. The van der Waals surface area contributed by atoms with Crippen LogP contribution in [0.1, 0.15) is 37.2 Å². The molecule has 17 heavy (non-hydrogen) atoms. The first-order chi connectivity index (χ1) is 8.25. The van der Waals surface area contributed by atoms with Crippen LogP contribution < -0.4 is 0 Å². The van der Waals surface area contributed by atoms with Gasteiger partial charge in [-0.3, -0.25) is 4.79 Å². The van der Waals surface area contributed by atoms with Crippen LogP contribution in [0.15, 0.2) is 24.3 Å². The molecule has 0 spiro atoms. The van der Waals surface area contributed by atoms with Gasteiger partial charge in [0.05, 0.1) is 0 Å². The van der Waals surface area contributed by atoms with Gasteiger partial charge < -0.3 is 4.90 Å². The minimum absolute atomic E-state index is 0.191. The maximum absolute atomic E-state index is 12.9. The molecule has 2 saturated heterocycles. The van der Waals surface area contributed by atoms with Crippen LogP contribution in [0.4, 0.5) is 4.39 Å². The highest BCUT2D eigenvalue weighted by Gasteiger charge is 2.39. The average molecular weight is 233 g/mol. The Morgan fingerprint density at radius 1 is 1.18 bits per heavy atom. The summed E-state index contributed by atoms with van der Waals surface area (Å²) in [6.07, 6.45) is 3.81. The molecule has 0 saturated carbocycles. The van der Waals surface area contributed by atoms with E-state index in [2.05, 4.69) is 0 Å². The minimum Gasteiger partial charge on any atom is -0.339 e. The van der Waals surface area contributed by atoms with E-state index in [0.29, 0.717) is 24.3 Å². The molecular weight excluding hydrogens is 217 g/mol. The third kappa shape index (κ3) is 1.84. The fourth-order valence-corrected chi connectivity index (χ4v) is 3.23. The average Bonchev–Trinajstić information content (AvgIpc) is 2.75. The number of hydrogen-bond donors (Lipinski definition) is 0. The Labute approximate surface area is 100 Å². The summed E-state index contributed by atoms with van der Waals surface area (Å²) >= 11 is 0. The van der Waals surface area contributed by atoms with E-state index in [4.69, 9.17) is 0 Å². The molecule has 3 rings (SSSR count). The third-order valence-corrected chi connectivity index (χ3v) is 4.05. The van der Waals surface area contributed by atoms with Gasteiger partial charge in [0, 0.05) is 24.9 Å². The summed E-state index contributed by atoms with van der Waals surface area (Å²) in [7, 11) is 0. The standard InChI is InChI=1S/C14H16FNO/c15-11-6-4-10(5-7-11)12-8-9-16-13(12)2-1-3-14(16)17/h4-7,12-13H,1-3,8-9H2/t12-,13-/m0/s1. The molecule has 0 radical (unpaired) electrons. The Balaban J connectivity index is 1.85. The van der Waals surface area contributed by atoms with Gasteiger partial charge in [-0.2, -0.15) is 0 Å². The monoisotopic (exact) mass is 233 g/mol. The summed E-state index contributed by atoms with van der Waals surface area (Å²) in [5.74, 6) is 0.508. The quantitative estimate of drug-likeness (QED) is 0.730. The lowest BCUT2D eigenvalue weighted by Gasteiger charge is -2.32. The zero-order valence-electron chi connectivity index (χ0n) is 9.73. The Bertz CT molecular complexity index is 428. The molecule has 2 fully saturated rings. The lowest BCUT2D eigenvalue weighted by atomic mass is 9.87. The van der Waals surface area contributed by atoms with E-state index in [1.54, 1.807) is 0 Å². The van der Waals surface area contributed by atoms with E-state index in [1.807, 2.05) is 17.0 Å². The van der Waals surface area contributed by atoms with Crippen molar-refractivity contribution < 1.29 is 9.18 Å². The molecule has 3 heteroatoms. The van der Waals surface area contributed by atoms with Crippen molar-refractivity contribution in [1.82, 2.24) is 4.90 Å². The number of carbonyl (C=O) groups is 1. The fraction of sp³-hybridized carbons (Fsp3) is 0.500. The zero-order valence-corrected chi connectivity index (χ0v) is 9.73. The molecule has 1 aromatic rings. The highest BCUT2D eigenvalue weighted by molar-refractivity contribution is 5.77. The summed E-state index contributed by atoms with van der Waals surface area (Å²) < 4.78 is 12.9. The summed E-state index contributed by atoms with van der Waals surface area (Å²) in [5, 5.41) is 0. The lowest BCUT2D eigenvalue weighted by molar-refractivity contribution is -0.134. The van der Waals surface area contributed by atoms with E-state index < -0.39 is 0 Å². The van der Waals surface area contributed by atoms with Gasteiger partial charge in [-0.15, -0.1) is 0 Å². The Hall–Kier alpha value is -1.38. The molecule has 0 unspecified atom stereocenters. The second-order valence-electron chi connectivity index (χ2n) is 4.99. The molecule has 0 aliphatic carbocycles. The minimum atomic E-state index is -0.191. The molecule has 1 aromatic carbocycles. The van der Waals surface area contributed by atoms with Crippen molar-refractivity contribution in [2.75, 3.05) is 6.54 Å². The van der Waals surface area contributed by atoms with E-state index in [0.717, 1.165) is 25.8 Å². The number of carbonyl (C=O) groups excluding carboxylic acids is 1. The second kappa shape index (κ2) is 4.13. The van der Waals surface area contributed by atoms with Gasteiger partial charge in [0.2, 0.25) is 5.91 Å². The van der Waals surface area contributed by atoms with E-state index in [9.17, 15) is 9.18 Å². The molecule has 0 bridgehead atoms. The molecule has 2 nitrogen and oxygen atoms in total. The molecule has 90 valence electrons. The topological polar surface area (TPSA) is 20.3 Å². The number of piperidine rings is 1. The largest absolute Gasteiger partial charge is 0.339 e. The molecule has 2 atom stereocenters. The van der Waals surface area contributed by atoms with Crippen LogP contribution in [-0.2, 0) is 4.79 Å². The van der Waals surface area contributed by atoms with Crippen molar-refractivity contribution in [2.45, 2.75) is 37.6 Å². The van der Waals surface area contributed by atoms with E-state index >= 15 is 0 Å². The number of fused-ring (bicyclic) bond motifs is 1. The molecule has 1 amide bonds. The van der Waals surface area contributed by atoms with Crippen molar-refractivity contribution in [3.8, 4) is 0 Å². The first-order valence-electron chi connectivity index (χ1n) is 6.30. The van der Waals surface area contributed by atoms with Gasteiger partial charge in [-0.05, 0) is 37.0 Å². The van der Waals surface area contributed by atoms with Crippen molar-refractivity contribution in [1.29, 1.82) is 0 Å². The van der Waals surface area contributed by atoms with Gasteiger partial charge in [0.15, 0.2) is 0 Å². The maximum Gasteiger partial charge on any atom is 0.222 e. The van der Waals surface area contributed by atoms with Crippen molar-refractivity contribution in [2.24, 2.45) is 0 Å². The Kier molecular flexibility index (Phi) is 2.61. The summed E-state index contributed by atoms with van der Waals surface area (Å²) in [6.45, 7) is 0.867. The lowest BCUT2D eigenvalue weighted by Crippen LogP contribution is -2.40. The fourth-order valence-electron chi connectivity index (χ4n) is 3.23. The van der Waals surface area contributed by atoms with Gasteiger partial charge >= 0.3 is 0 Å². The van der Waals surface area contributed by atoms with Crippen LogP contribution >= 0.6 is 0 Å². The Morgan fingerprint density at radius 2 is 1.94 bits per heavy atom. The van der Waals surface area contributed by atoms with Gasteiger partial charge in [0.1, 0.15) is 5.82 Å². The third-order valence-electron chi connectivity index (χ3n) is 4.05.